The van der Waals surface area contributed by atoms with E-state index >= 15 is 4.39 Å². The Labute approximate surface area is 254 Å². The molecule has 4 aromatic rings. The van der Waals surface area contributed by atoms with Crippen molar-refractivity contribution >= 4 is 22.8 Å². The second kappa shape index (κ2) is 12.2. The van der Waals surface area contributed by atoms with Gasteiger partial charge in [0.15, 0.2) is 11.9 Å². The van der Waals surface area contributed by atoms with Gasteiger partial charge in [-0.05, 0) is 49.8 Å². The molecule has 1 aliphatic heterocycles. The molecule has 1 aromatic heterocycles. The summed E-state index contributed by atoms with van der Waals surface area (Å²) in [5, 5.41) is -0.0115. The lowest BCUT2D eigenvalue weighted by Gasteiger charge is -2.38. The lowest BCUT2D eigenvalue weighted by atomic mass is 9.73. The number of benzene rings is 3. The van der Waals surface area contributed by atoms with Crippen LogP contribution in [0.5, 0.6) is 5.75 Å². The number of ether oxygens (including phenoxy) is 4. The molecule has 1 saturated carbocycles. The van der Waals surface area contributed by atoms with E-state index in [-0.39, 0.29) is 61.0 Å². The van der Waals surface area contributed by atoms with E-state index in [9.17, 15) is 14.4 Å². The molecule has 6 rings (SSSR count). The molecule has 3 aromatic carbocycles. The average Bonchev–Trinajstić information content (AvgIpc) is 3.90. The molecule has 8 nitrogen and oxygen atoms in total. The maximum Gasteiger partial charge on any atom is 0.343 e. The Morgan fingerprint density at radius 1 is 1.02 bits per heavy atom. The number of methoxy groups -OCH3 is 1. The largest absolute Gasteiger partial charge is 0.494 e. The van der Waals surface area contributed by atoms with Crippen LogP contribution in [0.25, 0.3) is 10.9 Å². The van der Waals surface area contributed by atoms with E-state index in [1.807, 2.05) is 60.7 Å². The van der Waals surface area contributed by atoms with Gasteiger partial charge >= 0.3 is 11.9 Å². The highest BCUT2D eigenvalue weighted by Crippen LogP contribution is 2.48. The number of esters is 2. The van der Waals surface area contributed by atoms with Crippen molar-refractivity contribution in [2.45, 2.75) is 50.2 Å². The van der Waals surface area contributed by atoms with E-state index in [2.05, 4.69) is 0 Å². The number of carbonyl (C=O) groups is 2. The van der Waals surface area contributed by atoms with Gasteiger partial charge in [0.25, 0.3) is 0 Å². The molecule has 44 heavy (non-hydrogen) atoms. The highest BCUT2D eigenvalue weighted by molar-refractivity contribution is 5.97. The lowest BCUT2D eigenvalue weighted by molar-refractivity contribution is -0.159. The summed E-state index contributed by atoms with van der Waals surface area (Å²) in [4.78, 5) is 40.8. The highest BCUT2D eigenvalue weighted by atomic mass is 19.1. The molecule has 228 valence electrons. The molecule has 2 fully saturated rings. The van der Waals surface area contributed by atoms with Crippen molar-refractivity contribution in [3.63, 3.8) is 0 Å². The van der Waals surface area contributed by atoms with Crippen LogP contribution in [0.15, 0.2) is 77.7 Å². The van der Waals surface area contributed by atoms with Gasteiger partial charge in [0.1, 0.15) is 16.8 Å². The van der Waals surface area contributed by atoms with Gasteiger partial charge in [0.2, 0.25) is 5.43 Å². The number of hydrogen-bond acceptors (Lipinski definition) is 7. The third kappa shape index (κ3) is 5.26. The number of rotatable bonds is 9. The second-order valence-electron chi connectivity index (χ2n) is 11.2. The van der Waals surface area contributed by atoms with Crippen LogP contribution in [-0.4, -0.2) is 43.4 Å². The minimum atomic E-state index is -1.46. The Morgan fingerprint density at radius 2 is 1.64 bits per heavy atom. The van der Waals surface area contributed by atoms with Crippen molar-refractivity contribution in [3.05, 3.63) is 111 Å². The van der Waals surface area contributed by atoms with Crippen molar-refractivity contribution in [3.8, 4) is 5.75 Å². The Morgan fingerprint density at radius 3 is 2.18 bits per heavy atom. The summed E-state index contributed by atoms with van der Waals surface area (Å²) in [6.45, 7) is 2.15. The predicted octanol–water partition coefficient (Wildman–Crippen LogP) is 6.04. The second-order valence-corrected chi connectivity index (χ2v) is 11.2. The first-order valence-electron chi connectivity index (χ1n) is 14.9. The van der Waals surface area contributed by atoms with Crippen LogP contribution in [0.1, 0.15) is 71.8 Å². The third-order valence-corrected chi connectivity index (χ3v) is 8.51. The van der Waals surface area contributed by atoms with Crippen LogP contribution in [0.4, 0.5) is 4.39 Å². The van der Waals surface area contributed by atoms with E-state index in [1.165, 1.54) is 13.3 Å². The summed E-state index contributed by atoms with van der Waals surface area (Å²) in [6.07, 6.45) is 2.65. The molecule has 9 heteroatoms. The van der Waals surface area contributed by atoms with Crippen LogP contribution in [0, 0.1) is 5.82 Å². The third-order valence-electron chi connectivity index (χ3n) is 8.51. The quantitative estimate of drug-likeness (QED) is 0.217. The zero-order chi connectivity index (χ0) is 30.8. The first kappa shape index (κ1) is 29.6. The van der Waals surface area contributed by atoms with Crippen molar-refractivity contribution in [2.24, 2.45) is 0 Å². The Balaban J connectivity index is 1.54. The minimum absolute atomic E-state index is 0.0115. The molecule has 1 saturated heterocycles. The minimum Gasteiger partial charge on any atom is -0.494 e. The average molecular weight is 600 g/mol. The van der Waals surface area contributed by atoms with E-state index in [0.29, 0.717) is 5.52 Å². The molecule has 0 radical (unpaired) electrons. The van der Waals surface area contributed by atoms with Gasteiger partial charge in [0, 0.05) is 31.0 Å². The maximum atomic E-state index is 16.6. The van der Waals surface area contributed by atoms with Gasteiger partial charge in [-0.2, -0.15) is 0 Å². The fourth-order valence-corrected chi connectivity index (χ4v) is 6.17. The summed E-state index contributed by atoms with van der Waals surface area (Å²) >= 11 is 0. The first-order valence-corrected chi connectivity index (χ1v) is 14.9. The van der Waals surface area contributed by atoms with Gasteiger partial charge in [-0.25, -0.2) is 9.18 Å². The summed E-state index contributed by atoms with van der Waals surface area (Å²) in [5.74, 6) is -2.09. The Hall–Kier alpha value is -4.50. The number of nitrogens with zero attached hydrogens (tertiary/aromatic N) is 1. The van der Waals surface area contributed by atoms with Crippen LogP contribution in [-0.2, 0) is 24.4 Å². The Kier molecular flexibility index (Phi) is 8.23. The molecular weight excluding hydrogens is 565 g/mol. The van der Waals surface area contributed by atoms with Gasteiger partial charge in [-0.3, -0.25) is 9.59 Å². The maximum absolute atomic E-state index is 16.6. The Bertz CT molecular complexity index is 1700. The molecule has 0 atom stereocenters. The number of carbonyl (C=O) groups excluding carboxylic acids is 2. The van der Waals surface area contributed by atoms with Crippen LogP contribution >= 0.6 is 0 Å². The number of fused-ring (bicyclic) bond motifs is 1. The van der Waals surface area contributed by atoms with Crippen molar-refractivity contribution in [1.29, 1.82) is 0 Å². The normalized spacial score (nSPS) is 16.1. The lowest BCUT2D eigenvalue weighted by Crippen LogP contribution is -2.44. The number of pyridine rings is 1. The molecule has 0 spiro atoms. The highest BCUT2D eigenvalue weighted by Gasteiger charge is 2.49. The smallest absolute Gasteiger partial charge is 0.343 e. The fourth-order valence-electron chi connectivity index (χ4n) is 6.17. The molecular formula is C35H34FNO7. The van der Waals surface area contributed by atoms with E-state index in [1.54, 1.807) is 11.5 Å². The van der Waals surface area contributed by atoms with Gasteiger partial charge in [0.05, 0.1) is 24.6 Å². The summed E-state index contributed by atoms with van der Waals surface area (Å²) in [5.41, 5.74) is -0.383. The van der Waals surface area contributed by atoms with Crippen LogP contribution in [0.2, 0.25) is 0 Å². The monoisotopic (exact) mass is 599 g/mol. The van der Waals surface area contributed by atoms with Crippen molar-refractivity contribution in [1.82, 2.24) is 4.57 Å². The first-order chi connectivity index (χ1) is 21.4. The zero-order valence-corrected chi connectivity index (χ0v) is 24.7. The number of halogens is 1. The predicted molar refractivity (Wildman–Crippen MR) is 161 cm³/mol. The summed E-state index contributed by atoms with van der Waals surface area (Å²) < 4.78 is 41.4. The topological polar surface area (TPSA) is 93.1 Å². The van der Waals surface area contributed by atoms with Gasteiger partial charge in [-0.1, -0.05) is 60.7 Å². The molecule has 2 heterocycles. The van der Waals surface area contributed by atoms with E-state index < -0.39 is 34.7 Å². The SMILES string of the molecule is CCOC(=O)c1cn(C2CC2)c2c(OC)c(C3(C(=O)OC(c4ccccc4)c4ccccc4)CCOCC3)c(F)cc2c1=O. The molecule has 0 N–H and O–H groups in total. The van der Waals surface area contributed by atoms with Crippen molar-refractivity contribution < 1.29 is 32.9 Å². The summed E-state index contributed by atoms with van der Waals surface area (Å²) in [7, 11) is 1.40. The standard InChI is InChI=1S/C35H34FNO7/c1-3-43-33(39)26-21-37(24-14-15-24)29-25(30(26)38)20-27(36)28(32(29)41-2)35(16-18-42-19-17-35)34(40)44-31(22-10-6-4-7-11-22)23-12-8-5-9-13-23/h4-13,20-21,24,31H,3,14-19H2,1-2H3. The molecule has 0 amide bonds. The number of hydrogen-bond donors (Lipinski definition) is 0. The molecule has 0 bridgehead atoms. The molecule has 0 unspecified atom stereocenters. The molecule has 2 aliphatic rings. The van der Waals surface area contributed by atoms with Gasteiger partial charge < -0.3 is 23.5 Å². The van der Waals surface area contributed by atoms with Crippen molar-refractivity contribution in [2.75, 3.05) is 26.9 Å². The van der Waals surface area contributed by atoms with E-state index in [0.717, 1.165) is 30.0 Å². The zero-order valence-electron chi connectivity index (χ0n) is 24.7. The fraction of sp³-hybridized carbons (Fsp3) is 0.343. The van der Waals surface area contributed by atoms with Crippen LogP contribution in [0.3, 0.4) is 0 Å². The van der Waals surface area contributed by atoms with E-state index in [4.69, 9.17) is 18.9 Å². The summed E-state index contributed by atoms with van der Waals surface area (Å²) in [6, 6.07) is 19.9. The molecule has 1 aliphatic carbocycles. The number of aromatic nitrogens is 1. The van der Waals surface area contributed by atoms with Crippen LogP contribution < -0.4 is 10.2 Å². The van der Waals surface area contributed by atoms with Gasteiger partial charge in [-0.15, -0.1) is 0 Å².